The van der Waals surface area contributed by atoms with Gasteiger partial charge in [-0.2, -0.15) is 0 Å². The first kappa shape index (κ1) is 10.2. The monoisotopic (exact) mass is 213 g/mol. The Morgan fingerprint density at radius 1 is 1.31 bits per heavy atom. The van der Waals surface area contributed by atoms with Crippen LogP contribution in [0.3, 0.4) is 0 Å². The van der Waals surface area contributed by atoms with Crippen molar-refractivity contribution in [2.45, 2.75) is 0 Å². The summed E-state index contributed by atoms with van der Waals surface area (Å²) in [6.07, 6.45) is 3.02. The lowest BCUT2D eigenvalue weighted by atomic mass is 10.2. The second-order valence-electron chi connectivity index (χ2n) is 3.18. The molecule has 0 bridgehead atoms. The molecule has 80 valence electrons. The fraction of sp³-hybridized carbons (Fsp3) is 0. The van der Waals surface area contributed by atoms with Gasteiger partial charge in [-0.3, -0.25) is 4.98 Å². The van der Waals surface area contributed by atoms with Gasteiger partial charge in [-0.25, -0.2) is 4.79 Å². The zero-order valence-electron chi connectivity index (χ0n) is 8.60. The Kier molecular flexibility index (Phi) is 2.82. The molecule has 1 aromatic carbocycles. The van der Waals surface area contributed by atoms with Crippen molar-refractivity contribution in [3.63, 3.8) is 0 Å². The van der Waals surface area contributed by atoms with Gasteiger partial charge in [-0.15, -0.1) is 0 Å². The first-order valence-electron chi connectivity index (χ1n) is 4.83. The highest BCUT2D eigenvalue weighted by atomic mass is 16.2. The molecule has 4 heteroatoms. The van der Waals surface area contributed by atoms with Gasteiger partial charge in [-0.05, 0) is 18.3 Å². The maximum Gasteiger partial charge on any atom is 0.323 e. The summed E-state index contributed by atoms with van der Waals surface area (Å²) in [6, 6.07) is 9.09. The number of benzene rings is 1. The minimum absolute atomic E-state index is 0.326. The number of nitrogens with one attached hydrogen (secondary N) is 2. The summed E-state index contributed by atoms with van der Waals surface area (Å²) in [4.78, 5) is 15.6. The molecule has 1 aromatic heterocycles. The van der Waals surface area contributed by atoms with Crippen molar-refractivity contribution in [3.05, 3.63) is 49.3 Å². The van der Waals surface area contributed by atoms with E-state index < -0.39 is 0 Å². The van der Waals surface area contributed by atoms with Gasteiger partial charge in [0.25, 0.3) is 0 Å². The molecule has 0 atom stereocenters. The standard InChI is InChI=1S/C12H11N3O/c1-2-13-12(16)15-10-7-3-5-9-6-4-8-14-11(9)10/h2-8H,1H2,(H2,13,15,16). The van der Waals surface area contributed by atoms with Crippen LogP contribution in [0.2, 0.25) is 0 Å². The van der Waals surface area contributed by atoms with Crippen molar-refractivity contribution in [3.8, 4) is 0 Å². The van der Waals surface area contributed by atoms with E-state index in [1.165, 1.54) is 6.20 Å². The number of aromatic nitrogens is 1. The molecule has 16 heavy (non-hydrogen) atoms. The maximum absolute atomic E-state index is 11.3. The summed E-state index contributed by atoms with van der Waals surface area (Å²) in [7, 11) is 0. The van der Waals surface area contributed by atoms with Gasteiger partial charge in [0.1, 0.15) is 0 Å². The molecule has 0 aliphatic carbocycles. The largest absolute Gasteiger partial charge is 0.323 e. The lowest BCUT2D eigenvalue weighted by molar-refractivity contribution is 0.255. The van der Waals surface area contributed by atoms with Gasteiger partial charge < -0.3 is 10.6 Å². The van der Waals surface area contributed by atoms with E-state index in [-0.39, 0.29) is 6.03 Å². The van der Waals surface area contributed by atoms with Crippen LogP contribution < -0.4 is 10.6 Å². The average Bonchev–Trinajstić information content (AvgIpc) is 2.30. The van der Waals surface area contributed by atoms with Crippen LogP contribution in [0.5, 0.6) is 0 Å². The molecule has 2 aromatic rings. The fourth-order valence-electron chi connectivity index (χ4n) is 1.46. The van der Waals surface area contributed by atoms with Gasteiger partial charge >= 0.3 is 6.03 Å². The van der Waals surface area contributed by atoms with E-state index in [0.29, 0.717) is 5.69 Å². The summed E-state index contributed by atoms with van der Waals surface area (Å²) in [5, 5.41) is 6.13. The third kappa shape index (κ3) is 2.00. The Morgan fingerprint density at radius 2 is 2.12 bits per heavy atom. The van der Waals surface area contributed by atoms with Crippen LogP contribution in [0.15, 0.2) is 49.3 Å². The molecular formula is C12H11N3O. The number of carbonyl (C=O) groups excluding carboxylic acids is 1. The molecule has 2 N–H and O–H groups in total. The topological polar surface area (TPSA) is 54.0 Å². The lowest BCUT2D eigenvalue weighted by Gasteiger charge is -2.06. The van der Waals surface area contributed by atoms with E-state index in [4.69, 9.17) is 0 Å². The van der Waals surface area contributed by atoms with Crippen molar-refractivity contribution in [1.29, 1.82) is 0 Å². The molecule has 0 spiro atoms. The van der Waals surface area contributed by atoms with Crippen molar-refractivity contribution in [1.82, 2.24) is 10.3 Å². The van der Waals surface area contributed by atoms with Gasteiger partial charge in [0.15, 0.2) is 0 Å². The highest BCUT2D eigenvalue weighted by molar-refractivity contribution is 5.99. The highest BCUT2D eigenvalue weighted by Gasteiger charge is 2.04. The Hall–Kier alpha value is -2.36. The van der Waals surface area contributed by atoms with Gasteiger partial charge in [0.05, 0.1) is 11.2 Å². The van der Waals surface area contributed by atoms with Crippen LogP contribution in [-0.2, 0) is 0 Å². The quantitative estimate of drug-likeness (QED) is 0.805. The maximum atomic E-state index is 11.3. The molecular weight excluding hydrogens is 202 g/mol. The summed E-state index contributed by atoms with van der Waals surface area (Å²) >= 11 is 0. The zero-order valence-corrected chi connectivity index (χ0v) is 8.60. The average molecular weight is 213 g/mol. The molecule has 2 amide bonds. The SMILES string of the molecule is C=CNC(=O)Nc1cccc2cccnc12. The van der Waals surface area contributed by atoms with Crippen LogP contribution in [0.25, 0.3) is 10.9 Å². The summed E-state index contributed by atoms with van der Waals surface area (Å²) < 4.78 is 0. The van der Waals surface area contributed by atoms with Gasteiger partial charge in [0, 0.05) is 11.6 Å². The Balaban J connectivity index is 2.37. The summed E-state index contributed by atoms with van der Waals surface area (Å²) in [5.74, 6) is 0. The molecule has 2 rings (SSSR count). The second kappa shape index (κ2) is 4.44. The number of nitrogens with zero attached hydrogens (tertiary/aromatic N) is 1. The Bertz CT molecular complexity index is 531. The number of hydrogen-bond acceptors (Lipinski definition) is 2. The van der Waals surface area contributed by atoms with E-state index in [0.717, 1.165) is 10.9 Å². The first-order valence-corrected chi connectivity index (χ1v) is 4.83. The van der Waals surface area contributed by atoms with Crippen molar-refractivity contribution in [2.75, 3.05) is 5.32 Å². The number of pyridine rings is 1. The van der Waals surface area contributed by atoms with Crippen LogP contribution >= 0.6 is 0 Å². The van der Waals surface area contributed by atoms with Crippen molar-refractivity contribution < 1.29 is 4.79 Å². The Morgan fingerprint density at radius 3 is 2.94 bits per heavy atom. The van der Waals surface area contributed by atoms with Crippen molar-refractivity contribution in [2.24, 2.45) is 0 Å². The Labute approximate surface area is 93.0 Å². The molecule has 0 unspecified atom stereocenters. The van der Waals surface area contributed by atoms with Crippen LogP contribution in [0, 0.1) is 0 Å². The highest BCUT2D eigenvalue weighted by Crippen LogP contribution is 2.20. The van der Waals surface area contributed by atoms with Crippen molar-refractivity contribution >= 4 is 22.6 Å². The number of hydrogen-bond donors (Lipinski definition) is 2. The van der Waals surface area contributed by atoms with Crippen LogP contribution in [0.1, 0.15) is 0 Å². The lowest BCUT2D eigenvalue weighted by Crippen LogP contribution is -2.23. The molecule has 0 fully saturated rings. The van der Waals surface area contributed by atoms with E-state index in [1.807, 2.05) is 24.3 Å². The fourth-order valence-corrected chi connectivity index (χ4v) is 1.46. The predicted molar refractivity (Wildman–Crippen MR) is 64.1 cm³/mol. The van der Waals surface area contributed by atoms with Crippen LogP contribution in [-0.4, -0.2) is 11.0 Å². The van der Waals surface area contributed by atoms with Gasteiger partial charge in [0.2, 0.25) is 0 Å². The van der Waals surface area contributed by atoms with Crippen LogP contribution in [0.4, 0.5) is 10.5 Å². The molecule has 4 nitrogen and oxygen atoms in total. The summed E-state index contributed by atoms with van der Waals surface area (Å²) in [5.41, 5.74) is 1.45. The number of amides is 2. The number of fused-ring (bicyclic) bond motifs is 1. The van der Waals surface area contributed by atoms with E-state index in [2.05, 4.69) is 22.2 Å². The molecule has 0 saturated carbocycles. The number of anilines is 1. The minimum Gasteiger partial charge on any atom is -0.315 e. The normalized spacial score (nSPS) is 9.75. The predicted octanol–water partition coefficient (Wildman–Crippen LogP) is 2.50. The first-order chi connectivity index (χ1) is 7.81. The molecule has 0 aliphatic rings. The number of rotatable bonds is 2. The third-order valence-electron chi connectivity index (χ3n) is 2.11. The summed E-state index contributed by atoms with van der Waals surface area (Å²) in [6.45, 7) is 3.42. The third-order valence-corrected chi connectivity index (χ3v) is 2.11. The minimum atomic E-state index is -0.326. The number of urea groups is 1. The smallest absolute Gasteiger partial charge is 0.315 e. The van der Waals surface area contributed by atoms with E-state index >= 15 is 0 Å². The molecule has 1 heterocycles. The molecule has 0 radical (unpaired) electrons. The molecule has 0 saturated heterocycles. The van der Waals surface area contributed by atoms with E-state index in [1.54, 1.807) is 12.3 Å². The molecule has 0 aliphatic heterocycles. The number of para-hydroxylation sites is 1. The number of carbonyl (C=O) groups is 1. The second-order valence-corrected chi connectivity index (χ2v) is 3.18. The van der Waals surface area contributed by atoms with Gasteiger partial charge in [-0.1, -0.05) is 24.8 Å². The zero-order chi connectivity index (χ0) is 11.4. The van der Waals surface area contributed by atoms with E-state index in [9.17, 15) is 4.79 Å².